The van der Waals surface area contributed by atoms with Gasteiger partial charge in [0, 0.05) is 22.2 Å². The first-order valence-corrected chi connectivity index (χ1v) is 5.65. The minimum absolute atomic E-state index is 0.0717. The molecule has 0 atom stereocenters. The molecule has 0 aliphatic heterocycles. The Morgan fingerprint density at radius 3 is 2.67 bits per heavy atom. The highest BCUT2D eigenvalue weighted by Crippen LogP contribution is 2.41. The average Bonchev–Trinajstić information content (AvgIpc) is 2.76. The SMILES string of the molecule is Cc1ccc2c(c1N)C(=O)c1cscc1-2. The van der Waals surface area contributed by atoms with Crippen molar-refractivity contribution in [3.05, 3.63) is 39.6 Å². The third-order valence-corrected chi connectivity index (χ3v) is 3.63. The molecule has 2 N–H and O–H groups in total. The van der Waals surface area contributed by atoms with Gasteiger partial charge in [0.2, 0.25) is 0 Å². The second kappa shape index (κ2) is 2.70. The number of benzene rings is 1. The van der Waals surface area contributed by atoms with Crippen molar-refractivity contribution in [1.29, 1.82) is 0 Å². The number of aryl methyl sites for hydroxylation is 1. The standard InChI is InChI=1S/C12H9NOS/c1-6-2-3-7-8-4-15-5-9(8)12(14)10(7)11(6)13/h2-5H,13H2,1H3. The molecule has 74 valence electrons. The highest BCUT2D eigenvalue weighted by atomic mass is 32.1. The van der Waals surface area contributed by atoms with E-state index < -0.39 is 0 Å². The monoisotopic (exact) mass is 215 g/mol. The summed E-state index contributed by atoms with van der Waals surface area (Å²) >= 11 is 1.56. The first-order chi connectivity index (χ1) is 7.20. The number of ketones is 1. The van der Waals surface area contributed by atoms with E-state index in [1.807, 2.05) is 29.8 Å². The van der Waals surface area contributed by atoms with Crippen LogP contribution in [0.4, 0.5) is 5.69 Å². The Morgan fingerprint density at radius 2 is 1.87 bits per heavy atom. The first kappa shape index (κ1) is 8.68. The fourth-order valence-electron chi connectivity index (χ4n) is 2.01. The van der Waals surface area contributed by atoms with Crippen molar-refractivity contribution in [2.45, 2.75) is 6.92 Å². The molecule has 1 aromatic carbocycles. The molecule has 1 aliphatic rings. The first-order valence-electron chi connectivity index (χ1n) is 4.70. The molecule has 15 heavy (non-hydrogen) atoms. The molecule has 2 aromatic rings. The zero-order valence-corrected chi connectivity index (χ0v) is 9.02. The van der Waals surface area contributed by atoms with E-state index in [1.54, 1.807) is 11.3 Å². The van der Waals surface area contributed by atoms with Crippen molar-refractivity contribution in [1.82, 2.24) is 0 Å². The van der Waals surface area contributed by atoms with E-state index in [4.69, 9.17) is 5.73 Å². The normalized spacial score (nSPS) is 12.7. The Labute approximate surface area is 91.4 Å². The number of nitrogen functional groups attached to an aromatic ring is 1. The molecule has 1 aliphatic carbocycles. The number of hydrogen-bond acceptors (Lipinski definition) is 3. The predicted octanol–water partition coefficient (Wildman–Crippen LogP) is 2.85. The van der Waals surface area contributed by atoms with Gasteiger partial charge in [0.1, 0.15) is 0 Å². The lowest BCUT2D eigenvalue weighted by atomic mass is 10.0. The molecule has 0 unspecified atom stereocenters. The topological polar surface area (TPSA) is 43.1 Å². The molecule has 0 amide bonds. The molecule has 0 bridgehead atoms. The van der Waals surface area contributed by atoms with E-state index in [9.17, 15) is 4.79 Å². The molecular formula is C12H9NOS. The van der Waals surface area contributed by atoms with Crippen molar-refractivity contribution < 1.29 is 4.79 Å². The summed E-state index contributed by atoms with van der Waals surface area (Å²) in [4.78, 5) is 12.0. The number of anilines is 1. The van der Waals surface area contributed by atoms with Gasteiger partial charge in [-0.05, 0) is 23.4 Å². The molecule has 0 saturated carbocycles. The van der Waals surface area contributed by atoms with Crippen molar-refractivity contribution in [2.24, 2.45) is 0 Å². The van der Waals surface area contributed by atoms with Crippen LogP contribution in [-0.2, 0) is 0 Å². The molecule has 0 saturated heterocycles. The van der Waals surface area contributed by atoms with Crippen molar-refractivity contribution >= 4 is 22.8 Å². The molecule has 2 nitrogen and oxygen atoms in total. The van der Waals surface area contributed by atoms with Crippen LogP contribution in [0.2, 0.25) is 0 Å². The van der Waals surface area contributed by atoms with Gasteiger partial charge >= 0.3 is 0 Å². The second-order valence-electron chi connectivity index (χ2n) is 3.75. The summed E-state index contributed by atoms with van der Waals surface area (Å²) in [6.45, 7) is 1.93. The number of hydrogen-bond donors (Lipinski definition) is 1. The van der Waals surface area contributed by atoms with Crippen LogP contribution in [0, 0.1) is 6.92 Å². The van der Waals surface area contributed by atoms with E-state index in [2.05, 4.69) is 0 Å². The van der Waals surface area contributed by atoms with Crippen LogP contribution in [0.15, 0.2) is 22.9 Å². The molecule has 1 heterocycles. The van der Waals surface area contributed by atoms with Gasteiger partial charge in [-0.1, -0.05) is 12.1 Å². The van der Waals surface area contributed by atoms with Crippen molar-refractivity contribution in [2.75, 3.05) is 5.73 Å². The third-order valence-electron chi connectivity index (χ3n) is 2.89. The van der Waals surface area contributed by atoms with Crippen molar-refractivity contribution in [3.63, 3.8) is 0 Å². The summed E-state index contributed by atoms with van der Waals surface area (Å²) in [6.07, 6.45) is 0. The summed E-state index contributed by atoms with van der Waals surface area (Å²) in [5.41, 5.74) is 11.0. The van der Waals surface area contributed by atoms with Crippen LogP contribution in [0.3, 0.4) is 0 Å². The van der Waals surface area contributed by atoms with E-state index in [1.165, 1.54) is 0 Å². The van der Waals surface area contributed by atoms with Crippen LogP contribution >= 0.6 is 11.3 Å². The van der Waals surface area contributed by atoms with Gasteiger partial charge in [0.25, 0.3) is 0 Å². The number of nitrogens with two attached hydrogens (primary N) is 1. The molecule has 0 spiro atoms. The summed E-state index contributed by atoms with van der Waals surface area (Å²) in [5.74, 6) is 0.0717. The second-order valence-corrected chi connectivity index (χ2v) is 4.49. The quantitative estimate of drug-likeness (QED) is 0.586. The zero-order chi connectivity index (χ0) is 10.6. The van der Waals surface area contributed by atoms with Gasteiger partial charge in [-0.2, -0.15) is 11.3 Å². The number of carbonyl (C=O) groups excluding carboxylic acids is 1. The summed E-state index contributed by atoms with van der Waals surface area (Å²) in [7, 11) is 0. The highest BCUT2D eigenvalue weighted by molar-refractivity contribution is 7.08. The minimum atomic E-state index is 0.0717. The van der Waals surface area contributed by atoms with Crippen LogP contribution in [0.25, 0.3) is 11.1 Å². The van der Waals surface area contributed by atoms with Gasteiger partial charge in [-0.15, -0.1) is 0 Å². The van der Waals surface area contributed by atoms with E-state index in [-0.39, 0.29) is 5.78 Å². The molecule has 0 fully saturated rings. The van der Waals surface area contributed by atoms with E-state index in [0.717, 1.165) is 22.3 Å². The summed E-state index contributed by atoms with van der Waals surface area (Å²) in [6, 6.07) is 3.95. The Morgan fingerprint density at radius 1 is 1.13 bits per heavy atom. The molecule has 1 aromatic heterocycles. The average molecular weight is 215 g/mol. The Kier molecular flexibility index (Phi) is 1.56. The molecule has 3 rings (SSSR count). The molecular weight excluding hydrogens is 206 g/mol. The Bertz CT molecular complexity index is 583. The number of thiophene rings is 1. The predicted molar refractivity (Wildman–Crippen MR) is 62.3 cm³/mol. The van der Waals surface area contributed by atoms with Gasteiger partial charge in [-0.3, -0.25) is 4.79 Å². The van der Waals surface area contributed by atoms with Gasteiger partial charge in [-0.25, -0.2) is 0 Å². The maximum absolute atomic E-state index is 12.0. The summed E-state index contributed by atoms with van der Waals surface area (Å²) in [5, 5.41) is 3.90. The van der Waals surface area contributed by atoms with Gasteiger partial charge < -0.3 is 5.73 Å². The zero-order valence-electron chi connectivity index (χ0n) is 8.20. The maximum Gasteiger partial charge on any atom is 0.197 e. The highest BCUT2D eigenvalue weighted by Gasteiger charge is 2.29. The van der Waals surface area contributed by atoms with Crippen LogP contribution in [0.1, 0.15) is 21.5 Å². The lowest BCUT2D eigenvalue weighted by Gasteiger charge is -2.05. The number of rotatable bonds is 0. The fourth-order valence-corrected chi connectivity index (χ4v) is 2.84. The molecule has 0 radical (unpaired) electrons. The Balaban J connectivity index is 2.42. The van der Waals surface area contributed by atoms with E-state index >= 15 is 0 Å². The minimum Gasteiger partial charge on any atom is -0.398 e. The maximum atomic E-state index is 12.0. The summed E-state index contributed by atoms with van der Waals surface area (Å²) < 4.78 is 0. The smallest absolute Gasteiger partial charge is 0.197 e. The van der Waals surface area contributed by atoms with Gasteiger partial charge in [0.05, 0.1) is 5.56 Å². The number of carbonyl (C=O) groups is 1. The lowest BCUT2D eigenvalue weighted by Crippen LogP contribution is -2.02. The van der Waals surface area contributed by atoms with Crippen LogP contribution in [-0.4, -0.2) is 5.78 Å². The number of fused-ring (bicyclic) bond motifs is 3. The van der Waals surface area contributed by atoms with Crippen molar-refractivity contribution in [3.8, 4) is 11.1 Å². The Hall–Kier alpha value is -1.61. The van der Waals surface area contributed by atoms with Crippen LogP contribution in [0.5, 0.6) is 0 Å². The van der Waals surface area contributed by atoms with Crippen LogP contribution < -0.4 is 5.73 Å². The lowest BCUT2D eigenvalue weighted by molar-refractivity contribution is 0.104. The van der Waals surface area contributed by atoms with Gasteiger partial charge in [0.15, 0.2) is 5.78 Å². The fraction of sp³-hybridized carbons (Fsp3) is 0.0833. The third kappa shape index (κ3) is 0.957. The largest absolute Gasteiger partial charge is 0.398 e. The van der Waals surface area contributed by atoms with E-state index in [0.29, 0.717) is 11.3 Å². The molecule has 3 heteroatoms.